The topological polar surface area (TPSA) is 71.1 Å². The Morgan fingerprint density at radius 1 is 1.06 bits per heavy atom. The summed E-state index contributed by atoms with van der Waals surface area (Å²) in [5.74, 6) is -1.48. The first-order chi connectivity index (χ1) is 14.9. The maximum atomic E-state index is 12.6. The van der Waals surface area contributed by atoms with Crippen molar-refractivity contribution in [1.82, 2.24) is 0 Å². The van der Waals surface area contributed by atoms with Crippen molar-refractivity contribution < 1.29 is 28.5 Å². The maximum absolute atomic E-state index is 12.6. The number of ether oxygens (including phenoxy) is 4. The molecule has 2 saturated heterocycles. The van der Waals surface area contributed by atoms with E-state index in [1.54, 1.807) is 0 Å². The van der Waals surface area contributed by atoms with Gasteiger partial charge < -0.3 is 18.9 Å². The third kappa shape index (κ3) is 4.05. The highest BCUT2D eigenvalue weighted by molar-refractivity contribution is 6.08. The summed E-state index contributed by atoms with van der Waals surface area (Å²) in [6.07, 6.45) is 4.99. The van der Waals surface area contributed by atoms with E-state index >= 15 is 0 Å². The highest BCUT2D eigenvalue weighted by atomic mass is 16.8. The zero-order valence-corrected chi connectivity index (χ0v) is 17.9. The molecular formula is C25H28O6. The minimum absolute atomic E-state index is 0.0146. The molecule has 31 heavy (non-hydrogen) atoms. The number of ketones is 2. The zero-order valence-electron chi connectivity index (χ0n) is 17.9. The number of benzene rings is 1. The van der Waals surface area contributed by atoms with Gasteiger partial charge in [0.05, 0.1) is 31.3 Å². The van der Waals surface area contributed by atoms with Gasteiger partial charge in [-0.15, -0.1) is 0 Å². The smallest absolute Gasteiger partial charge is 0.164 e. The Morgan fingerprint density at radius 3 is 2.65 bits per heavy atom. The molecule has 0 bridgehead atoms. The molecule has 0 radical (unpaired) electrons. The number of allylic oxidation sites excluding steroid dienone is 3. The molecule has 6 atom stereocenters. The Kier molecular flexibility index (Phi) is 5.42. The van der Waals surface area contributed by atoms with Gasteiger partial charge in [-0.3, -0.25) is 9.59 Å². The Morgan fingerprint density at radius 2 is 1.84 bits per heavy atom. The van der Waals surface area contributed by atoms with E-state index in [-0.39, 0.29) is 41.9 Å². The fraction of sp³-hybridized carbons (Fsp3) is 0.520. The number of rotatable bonds is 5. The van der Waals surface area contributed by atoms with E-state index in [9.17, 15) is 9.59 Å². The van der Waals surface area contributed by atoms with Crippen molar-refractivity contribution in [2.45, 2.75) is 63.5 Å². The van der Waals surface area contributed by atoms with Crippen molar-refractivity contribution in [2.75, 3.05) is 6.61 Å². The van der Waals surface area contributed by atoms with Crippen LogP contribution in [0.25, 0.3) is 0 Å². The first-order valence-corrected chi connectivity index (χ1v) is 11.0. The van der Waals surface area contributed by atoms with Crippen LogP contribution in [0.5, 0.6) is 0 Å². The fourth-order valence-electron chi connectivity index (χ4n) is 5.23. The summed E-state index contributed by atoms with van der Waals surface area (Å²) in [5.41, 5.74) is 2.20. The largest absolute Gasteiger partial charge is 0.374 e. The number of carbonyl (C=O) groups excluding carboxylic acids is 2. The molecule has 6 nitrogen and oxygen atoms in total. The lowest BCUT2D eigenvalue weighted by Gasteiger charge is -2.34. The standard InChI is InChI=1S/C25H28O6/c1-25(2)30-21(14-28-13-15-6-4-3-5-7-15)24(31-25)20-12-16-8-9-17-18(26)10-11-19(27)22(17)23(16)29-20/h3-8,10-11,17,20-24H,9,12-14H2,1-2H3/t17-,20-,21-,22-,23-,24-/m0/s1. The Bertz CT molecular complexity index is 917. The van der Waals surface area contributed by atoms with Crippen molar-refractivity contribution in [1.29, 1.82) is 0 Å². The molecule has 6 heteroatoms. The minimum atomic E-state index is -0.737. The van der Waals surface area contributed by atoms with Gasteiger partial charge in [-0.1, -0.05) is 36.4 Å². The van der Waals surface area contributed by atoms with Gasteiger partial charge in [0.15, 0.2) is 17.4 Å². The average molecular weight is 424 g/mol. The van der Waals surface area contributed by atoms with Crippen LogP contribution in [0.2, 0.25) is 0 Å². The summed E-state index contributed by atoms with van der Waals surface area (Å²) in [7, 11) is 0. The number of fused-ring (bicyclic) bond motifs is 3. The maximum Gasteiger partial charge on any atom is 0.164 e. The van der Waals surface area contributed by atoms with Gasteiger partial charge in [-0.25, -0.2) is 0 Å². The van der Waals surface area contributed by atoms with Crippen LogP contribution in [0.1, 0.15) is 32.3 Å². The average Bonchev–Trinajstić information content (AvgIpc) is 3.31. The summed E-state index contributed by atoms with van der Waals surface area (Å²) in [4.78, 5) is 24.9. The lowest BCUT2D eigenvalue weighted by molar-refractivity contribution is -0.163. The molecule has 0 unspecified atom stereocenters. The summed E-state index contributed by atoms with van der Waals surface area (Å²) in [6.45, 7) is 4.67. The summed E-state index contributed by atoms with van der Waals surface area (Å²) in [5, 5.41) is 0. The summed E-state index contributed by atoms with van der Waals surface area (Å²) < 4.78 is 24.7. The molecule has 2 aliphatic carbocycles. The van der Waals surface area contributed by atoms with E-state index < -0.39 is 11.7 Å². The molecule has 5 rings (SSSR count). The lowest BCUT2D eigenvalue weighted by atomic mass is 9.71. The molecule has 1 aromatic rings. The second-order valence-corrected chi connectivity index (χ2v) is 9.22. The molecule has 0 aromatic heterocycles. The molecule has 1 aromatic carbocycles. The third-order valence-electron chi connectivity index (χ3n) is 6.60. The third-order valence-corrected chi connectivity index (χ3v) is 6.60. The molecule has 4 aliphatic rings. The highest BCUT2D eigenvalue weighted by Gasteiger charge is 2.53. The van der Waals surface area contributed by atoms with Crippen LogP contribution in [0.15, 0.2) is 54.1 Å². The van der Waals surface area contributed by atoms with Gasteiger partial charge in [0.1, 0.15) is 12.2 Å². The Hall–Kier alpha value is -2.12. The molecule has 2 fully saturated rings. The molecule has 0 saturated carbocycles. The second kappa shape index (κ2) is 8.10. The van der Waals surface area contributed by atoms with E-state index in [1.807, 2.05) is 44.2 Å². The van der Waals surface area contributed by atoms with Crippen molar-refractivity contribution in [3.8, 4) is 0 Å². The van der Waals surface area contributed by atoms with Crippen molar-refractivity contribution >= 4 is 11.6 Å². The SMILES string of the molecule is CC1(C)O[C@@H]([C@@H]2CC3=CC[C@H]4C(=O)C=CC(=O)[C@H]4[C@H]3O2)[C@H](COCc2ccccc2)O1. The van der Waals surface area contributed by atoms with Crippen LogP contribution in [0.4, 0.5) is 0 Å². The first-order valence-electron chi connectivity index (χ1n) is 11.0. The van der Waals surface area contributed by atoms with E-state index in [0.29, 0.717) is 26.1 Å². The zero-order chi connectivity index (χ0) is 21.6. The quantitative estimate of drug-likeness (QED) is 0.677. The molecule has 0 N–H and O–H groups in total. The molecule has 2 aliphatic heterocycles. The molecule has 2 heterocycles. The normalized spacial score (nSPS) is 36.3. The molecule has 0 amide bonds. The first kappa shape index (κ1) is 20.8. The monoisotopic (exact) mass is 424 g/mol. The van der Waals surface area contributed by atoms with Crippen LogP contribution >= 0.6 is 0 Å². The van der Waals surface area contributed by atoms with Crippen molar-refractivity contribution in [3.63, 3.8) is 0 Å². The van der Waals surface area contributed by atoms with E-state index in [4.69, 9.17) is 18.9 Å². The van der Waals surface area contributed by atoms with Crippen LogP contribution < -0.4 is 0 Å². The second-order valence-electron chi connectivity index (χ2n) is 9.22. The van der Waals surface area contributed by atoms with Gasteiger partial charge >= 0.3 is 0 Å². The lowest BCUT2D eigenvalue weighted by Crippen LogP contribution is -2.44. The van der Waals surface area contributed by atoms with Gasteiger partial charge in [-0.05, 0) is 50.0 Å². The Balaban J connectivity index is 1.28. The van der Waals surface area contributed by atoms with E-state index in [2.05, 4.69) is 6.08 Å². The van der Waals surface area contributed by atoms with Crippen molar-refractivity contribution in [3.05, 3.63) is 59.7 Å². The number of hydrogen-bond donors (Lipinski definition) is 0. The summed E-state index contributed by atoms with van der Waals surface area (Å²) >= 11 is 0. The van der Waals surface area contributed by atoms with Crippen molar-refractivity contribution in [2.24, 2.45) is 11.8 Å². The van der Waals surface area contributed by atoms with Gasteiger partial charge in [0.25, 0.3) is 0 Å². The van der Waals surface area contributed by atoms with Gasteiger partial charge in [-0.2, -0.15) is 0 Å². The summed E-state index contributed by atoms with van der Waals surface area (Å²) in [6, 6.07) is 10.0. The predicted molar refractivity (Wildman–Crippen MR) is 112 cm³/mol. The van der Waals surface area contributed by atoms with Crippen LogP contribution in [-0.4, -0.2) is 48.4 Å². The van der Waals surface area contributed by atoms with E-state index in [0.717, 1.165) is 11.1 Å². The van der Waals surface area contributed by atoms with E-state index in [1.165, 1.54) is 12.2 Å². The minimum Gasteiger partial charge on any atom is -0.374 e. The van der Waals surface area contributed by atoms with Gasteiger partial charge in [0.2, 0.25) is 0 Å². The highest BCUT2D eigenvalue weighted by Crippen LogP contribution is 2.45. The van der Waals surface area contributed by atoms with Crippen LogP contribution in [0, 0.1) is 11.8 Å². The number of hydrogen-bond acceptors (Lipinski definition) is 6. The fourth-order valence-corrected chi connectivity index (χ4v) is 5.23. The molecule has 0 spiro atoms. The predicted octanol–water partition coefficient (Wildman–Crippen LogP) is 3.15. The Labute approximate surface area is 182 Å². The molecular weight excluding hydrogens is 396 g/mol. The number of carbonyl (C=O) groups is 2. The van der Waals surface area contributed by atoms with Crippen LogP contribution in [0.3, 0.4) is 0 Å². The molecule has 164 valence electrons. The van der Waals surface area contributed by atoms with Gasteiger partial charge in [0, 0.05) is 5.92 Å². The van der Waals surface area contributed by atoms with Crippen LogP contribution in [-0.2, 0) is 35.1 Å².